The third-order valence-electron chi connectivity index (χ3n) is 3.84. The van der Waals surface area contributed by atoms with Crippen LogP contribution in [-0.2, 0) is 16.0 Å². The second-order valence-corrected chi connectivity index (χ2v) is 6.45. The van der Waals surface area contributed by atoms with Crippen molar-refractivity contribution in [1.82, 2.24) is 5.32 Å². The zero-order valence-electron chi connectivity index (χ0n) is 16.0. The van der Waals surface area contributed by atoms with Crippen LogP contribution in [0.3, 0.4) is 0 Å². The molecule has 0 aliphatic heterocycles. The molecule has 0 bridgehead atoms. The van der Waals surface area contributed by atoms with Crippen molar-refractivity contribution < 1.29 is 23.8 Å². The molecular formula is C21H24ClNO5. The van der Waals surface area contributed by atoms with Crippen LogP contribution in [0, 0.1) is 0 Å². The van der Waals surface area contributed by atoms with E-state index in [0.29, 0.717) is 36.1 Å². The van der Waals surface area contributed by atoms with Gasteiger partial charge in [0.1, 0.15) is 0 Å². The molecule has 0 saturated carbocycles. The first kappa shape index (κ1) is 21.6. The summed E-state index contributed by atoms with van der Waals surface area (Å²) in [4.78, 5) is 24.0. The number of hydrogen-bond acceptors (Lipinski definition) is 5. The lowest BCUT2D eigenvalue weighted by Gasteiger charge is -2.11. The number of ether oxygens (including phenoxy) is 3. The summed E-state index contributed by atoms with van der Waals surface area (Å²) >= 11 is 5.83. The van der Waals surface area contributed by atoms with Gasteiger partial charge in [-0.15, -0.1) is 0 Å². The molecule has 0 aromatic heterocycles. The maximum atomic E-state index is 12.2. The molecule has 150 valence electrons. The molecule has 1 amide bonds. The van der Waals surface area contributed by atoms with E-state index < -0.39 is 5.97 Å². The molecule has 2 rings (SSSR count). The summed E-state index contributed by atoms with van der Waals surface area (Å²) in [6.45, 7) is 2.64. The van der Waals surface area contributed by atoms with Crippen molar-refractivity contribution in [3.05, 3.63) is 58.6 Å². The number of hydrogen-bond donors (Lipinski definition) is 1. The highest BCUT2D eigenvalue weighted by Crippen LogP contribution is 2.28. The van der Waals surface area contributed by atoms with Gasteiger partial charge in [0.25, 0.3) is 5.91 Å². The molecule has 0 atom stereocenters. The first-order chi connectivity index (χ1) is 13.5. The average Bonchev–Trinajstić information content (AvgIpc) is 2.71. The van der Waals surface area contributed by atoms with Crippen molar-refractivity contribution in [1.29, 1.82) is 0 Å². The van der Waals surface area contributed by atoms with Crippen LogP contribution in [0.25, 0.3) is 0 Å². The Bertz CT molecular complexity index is 792. The number of benzene rings is 2. The van der Waals surface area contributed by atoms with Gasteiger partial charge in [-0.2, -0.15) is 0 Å². The van der Waals surface area contributed by atoms with Crippen LogP contribution < -0.4 is 14.8 Å². The summed E-state index contributed by atoms with van der Waals surface area (Å²) in [5.41, 5.74) is 1.34. The second kappa shape index (κ2) is 11.2. The lowest BCUT2D eigenvalue weighted by atomic mass is 10.1. The molecule has 0 fully saturated rings. The quantitative estimate of drug-likeness (QED) is 0.611. The van der Waals surface area contributed by atoms with Crippen LogP contribution in [0.1, 0.15) is 29.3 Å². The Hall–Kier alpha value is -2.73. The molecule has 0 unspecified atom stereocenters. The molecule has 6 nitrogen and oxygen atoms in total. The second-order valence-electron chi connectivity index (χ2n) is 6.02. The Morgan fingerprint density at radius 2 is 1.82 bits per heavy atom. The third kappa shape index (κ3) is 6.78. The van der Waals surface area contributed by atoms with Crippen LogP contribution in [0.5, 0.6) is 11.5 Å². The van der Waals surface area contributed by atoms with E-state index in [1.165, 1.54) is 13.2 Å². The molecule has 0 aliphatic rings. The fourth-order valence-electron chi connectivity index (χ4n) is 2.39. The number of amides is 1. The molecule has 0 heterocycles. The van der Waals surface area contributed by atoms with Crippen molar-refractivity contribution in [3.63, 3.8) is 0 Å². The number of methoxy groups -OCH3 is 1. The van der Waals surface area contributed by atoms with Crippen molar-refractivity contribution in [2.45, 2.75) is 19.8 Å². The van der Waals surface area contributed by atoms with Crippen molar-refractivity contribution >= 4 is 23.5 Å². The van der Waals surface area contributed by atoms with E-state index in [0.717, 1.165) is 12.0 Å². The highest BCUT2D eigenvalue weighted by atomic mass is 35.5. The van der Waals surface area contributed by atoms with Gasteiger partial charge in [-0.25, -0.2) is 4.79 Å². The minimum Gasteiger partial charge on any atom is -0.493 e. The highest BCUT2D eigenvalue weighted by molar-refractivity contribution is 6.30. The monoisotopic (exact) mass is 405 g/mol. The lowest BCUT2D eigenvalue weighted by Crippen LogP contribution is -2.30. The largest absolute Gasteiger partial charge is 0.493 e. The SMILES string of the molecule is CCCOc1ccc(C(=O)OCC(=O)NCCc2ccc(Cl)cc2)cc1OC. The number of rotatable bonds is 10. The van der Waals surface area contributed by atoms with Crippen LogP contribution >= 0.6 is 11.6 Å². The smallest absolute Gasteiger partial charge is 0.338 e. The zero-order valence-corrected chi connectivity index (χ0v) is 16.8. The van der Waals surface area contributed by atoms with Crippen LogP contribution in [0.4, 0.5) is 0 Å². The van der Waals surface area contributed by atoms with Crippen molar-refractivity contribution in [2.24, 2.45) is 0 Å². The molecule has 0 saturated heterocycles. The number of carbonyl (C=O) groups is 2. The van der Waals surface area contributed by atoms with E-state index in [2.05, 4.69) is 5.32 Å². The molecule has 0 radical (unpaired) electrons. The predicted molar refractivity (Wildman–Crippen MR) is 107 cm³/mol. The number of esters is 1. The molecule has 0 spiro atoms. The fraction of sp³-hybridized carbons (Fsp3) is 0.333. The fourth-order valence-corrected chi connectivity index (χ4v) is 2.51. The van der Waals surface area contributed by atoms with Crippen molar-refractivity contribution in [3.8, 4) is 11.5 Å². The molecule has 1 N–H and O–H groups in total. The van der Waals surface area contributed by atoms with E-state index in [1.54, 1.807) is 24.3 Å². The molecule has 2 aromatic carbocycles. The van der Waals surface area contributed by atoms with Gasteiger partial charge in [0.05, 0.1) is 19.3 Å². The molecular weight excluding hydrogens is 382 g/mol. The summed E-state index contributed by atoms with van der Waals surface area (Å²) in [6, 6.07) is 12.2. The average molecular weight is 406 g/mol. The van der Waals surface area contributed by atoms with Gasteiger partial charge in [-0.1, -0.05) is 30.7 Å². The first-order valence-electron chi connectivity index (χ1n) is 9.02. The Balaban J connectivity index is 1.79. The van der Waals surface area contributed by atoms with Crippen molar-refractivity contribution in [2.75, 3.05) is 26.9 Å². The minimum absolute atomic E-state index is 0.287. The van der Waals surface area contributed by atoms with Crippen LogP contribution in [-0.4, -0.2) is 38.7 Å². The van der Waals surface area contributed by atoms with E-state index in [4.69, 9.17) is 25.8 Å². The van der Waals surface area contributed by atoms with Gasteiger partial charge in [0.15, 0.2) is 18.1 Å². The van der Waals surface area contributed by atoms with Gasteiger partial charge >= 0.3 is 5.97 Å². The van der Waals surface area contributed by atoms with Gasteiger partial charge in [0, 0.05) is 11.6 Å². The zero-order chi connectivity index (χ0) is 20.4. The van der Waals surface area contributed by atoms with Gasteiger partial charge < -0.3 is 19.5 Å². The van der Waals surface area contributed by atoms with E-state index in [-0.39, 0.29) is 18.1 Å². The Labute approximate surface area is 169 Å². The molecule has 28 heavy (non-hydrogen) atoms. The summed E-state index contributed by atoms with van der Waals surface area (Å²) in [5, 5.41) is 3.38. The maximum Gasteiger partial charge on any atom is 0.338 e. The molecule has 0 aliphatic carbocycles. The van der Waals surface area contributed by atoms with Gasteiger partial charge in [-0.05, 0) is 48.7 Å². The summed E-state index contributed by atoms with van der Waals surface area (Å²) in [5.74, 6) is 0.0292. The van der Waals surface area contributed by atoms with E-state index in [1.807, 2.05) is 19.1 Å². The first-order valence-corrected chi connectivity index (χ1v) is 9.40. The molecule has 7 heteroatoms. The Morgan fingerprint density at radius 1 is 1.07 bits per heavy atom. The Morgan fingerprint density at radius 3 is 2.50 bits per heavy atom. The lowest BCUT2D eigenvalue weighted by molar-refractivity contribution is -0.124. The van der Waals surface area contributed by atoms with Gasteiger partial charge in [-0.3, -0.25) is 4.79 Å². The van der Waals surface area contributed by atoms with E-state index in [9.17, 15) is 9.59 Å². The maximum absolute atomic E-state index is 12.2. The Kier molecular flexibility index (Phi) is 8.62. The van der Waals surface area contributed by atoms with Crippen LogP contribution in [0.15, 0.2) is 42.5 Å². The number of nitrogens with one attached hydrogen (secondary N) is 1. The minimum atomic E-state index is -0.604. The summed E-state index contributed by atoms with van der Waals surface area (Å²) in [6.07, 6.45) is 1.52. The third-order valence-corrected chi connectivity index (χ3v) is 4.10. The molecule has 2 aromatic rings. The number of carbonyl (C=O) groups excluding carboxylic acids is 2. The van der Waals surface area contributed by atoms with Gasteiger partial charge in [0.2, 0.25) is 0 Å². The predicted octanol–water partition coefficient (Wildman–Crippen LogP) is 3.65. The highest BCUT2D eigenvalue weighted by Gasteiger charge is 2.14. The summed E-state index contributed by atoms with van der Waals surface area (Å²) in [7, 11) is 1.50. The normalized spacial score (nSPS) is 10.2. The topological polar surface area (TPSA) is 73.9 Å². The van der Waals surface area contributed by atoms with Crippen LogP contribution in [0.2, 0.25) is 5.02 Å². The standard InChI is InChI=1S/C21H24ClNO5/c1-3-12-27-18-9-6-16(13-19(18)26-2)21(25)28-14-20(24)23-11-10-15-4-7-17(22)8-5-15/h4-9,13H,3,10-12,14H2,1-2H3,(H,23,24). The number of halogens is 1. The van der Waals surface area contributed by atoms with E-state index >= 15 is 0 Å². The summed E-state index contributed by atoms with van der Waals surface area (Å²) < 4.78 is 15.9.